The van der Waals surface area contributed by atoms with E-state index in [-0.39, 0.29) is 6.10 Å². The van der Waals surface area contributed by atoms with E-state index in [1.54, 1.807) is 6.92 Å². The van der Waals surface area contributed by atoms with Crippen molar-refractivity contribution >= 4 is 5.82 Å². The van der Waals surface area contributed by atoms with Crippen molar-refractivity contribution in [3.63, 3.8) is 0 Å². The van der Waals surface area contributed by atoms with Crippen molar-refractivity contribution < 1.29 is 9.84 Å². The predicted octanol–water partition coefficient (Wildman–Crippen LogP) is 0.0355. The lowest BCUT2D eigenvalue weighted by atomic mass is 10.2. The Morgan fingerprint density at radius 2 is 2.11 bits per heavy atom. The second-order valence-electron chi connectivity index (χ2n) is 5.09. The van der Waals surface area contributed by atoms with Gasteiger partial charge in [0.25, 0.3) is 0 Å². The van der Waals surface area contributed by atoms with E-state index in [9.17, 15) is 5.11 Å². The minimum atomic E-state index is -0.330. The number of aryl methyl sites for hydroxylation is 2. The fraction of sp³-hybridized carbons (Fsp3) is 0.769. The number of hydrogen-bond donors (Lipinski definition) is 2. The first kappa shape index (κ1) is 14.3. The van der Waals surface area contributed by atoms with Crippen molar-refractivity contribution in [3.05, 3.63) is 11.3 Å². The molecule has 0 aromatic carbocycles. The smallest absolute Gasteiger partial charge is 0.131 e. The summed E-state index contributed by atoms with van der Waals surface area (Å²) in [6.07, 6.45) is -0.330. The van der Waals surface area contributed by atoms with Crippen LogP contribution in [-0.4, -0.2) is 53.8 Å². The Kier molecular flexibility index (Phi) is 4.79. The molecule has 2 heterocycles. The van der Waals surface area contributed by atoms with Crippen LogP contribution in [0.25, 0.3) is 0 Å². The van der Waals surface area contributed by atoms with Crippen LogP contribution in [0.15, 0.2) is 0 Å². The average molecular weight is 268 g/mol. The fourth-order valence-corrected chi connectivity index (χ4v) is 2.47. The van der Waals surface area contributed by atoms with Crippen LogP contribution in [-0.2, 0) is 18.3 Å². The molecule has 0 saturated carbocycles. The minimum absolute atomic E-state index is 0.330. The van der Waals surface area contributed by atoms with Crippen molar-refractivity contribution in [2.45, 2.75) is 26.5 Å². The van der Waals surface area contributed by atoms with Gasteiger partial charge in [-0.3, -0.25) is 4.68 Å². The highest BCUT2D eigenvalue weighted by atomic mass is 16.5. The average Bonchev–Trinajstić information content (AvgIpc) is 2.65. The van der Waals surface area contributed by atoms with Gasteiger partial charge in [-0.2, -0.15) is 5.10 Å². The van der Waals surface area contributed by atoms with Gasteiger partial charge in [-0.1, -0.05) is 0 Å². The van der Waals surface area contributed by atoms with Gasteiger partial charge in [-0.15, -0.1) is 0 Å². The number of aromatic nitrogens is 2. The summed E-state index contributed by atoms with van der Waals surface area (Å²) >= 11 is 0. The third-order valence-corrected chi connectivity index (χ3v) is 3.37. The molecule has 0 bridgehead atoms. The molecular weight excluding hydrogens is 244 g/mol. The third kappa shape index (κ3) is 3.46. The molecule has 0 radical (unpaired) electrons. The lowest BCUT2D eigenvalue weighted by molar-refractivity contribution is 0.122. The number of anilines is 1. The van der Waals surface area contributed by atoms with Crippen molar-refractivity contribution in [1.29, 1.82) is 0 Å². The summed E-state index contributed by atoms with van der Waals surface area (Å²) in [4.78, 5) is 2.32. The summed E-state index contributed by atoms with van der Waals surface area (Å²) in [6.45, 7) is 8.49. The Hall–Kier alpha value is -1.11. The number of aliphatic hydroxyl groups is 1. The summed E-state index contributed by atoms with van der Waals surface area (Å²) < 4.78 is 7.34. The highest BCUT2D eigenvalue weighted by molar-refractivity contribution is 5.50. The topological polar surface area (TPSA) is 62.5 Å². The van der Waals surface area contributed by atoms with Crippen LogP contribution >= 0.6 is 0 Å². The molecule has 1 saturated heterocycles. The van der Waals surface area contributed by atoms with Crippen LogP contribution < -0.4 is 10.2 Å². The Bertz CT molecular complexity index is 411. The number of rotatable bonds is 5. The molecule has 0 spiro atoms. The van der Waals surface area contributed by atoms with Crippen LogP contribution in [0.2, 0.25) is 0 Å². The normalized spacial score (nSPS) is 17.8. The highest BCUT2D eigenvalue weighted by Crippen LogP contribution is 2.23. The van der Waals surface area contributed by atoms with Crippen molar-refractivity contribution in [3.8, 4) is 0 Å². The first-order valence-corrected chi connectivity index (χ1v) is 6.83. The maximum Gasteiger partial charge on any atom is 0.131 e. The lowest BCUT2D eigenvalue weighted by Gasteiger charge is -2.29. The van der Waals surface area contributed by atoms with Gasteiger partial charge < -0.3 is 20.1 Å². The Morgan fingerprint density at radius 3 is 2.74 bits per heavy atom. The zero-order valence-electron chi connectivity index (χ0n) is 12.0. The summed E-state index contributed by atoms with van der Waals surface area (Å²) in [5.41, 5.74) is 2.26. The maximum absolute atomic E-state index is 9.31. The second kappa shape index (κ2) is 6.36. The van der Waals surface area contributed by atoms with Gasteiger partial charge in [0.05, 0.1) is 25.0 Å². The van der Waals surface area contributed by atoms with Crippen molar-refractivity contribution in [2.24, 2.45) is 7.05 Å². The summed E-state index contributed by atoms with van der Waals surface area (Å²) in [5.74, 6) is 1.17. The fourth-order valence-electron chi connectivity index (χ4n) is 2.47. The standard InChI is InChI=1S/C13H24N4O2/c1-10(18)8-14-9-12-11(2)15-16(3)13(12)17-4-6-19-7-5-17/h10,14,18H,4-9H2,1-3H3/t10-/m1/s1. The molecule has 1 aliphatic rings. The van der Waals surface area contributed by atoms with Gasteiger partial charge in [-0.05, 0) is 13.8 Å². The van der Waals surface area contributed by atoms with Crippen LogP contribution in [0.1, 0.15) is 18.2 Å². The molecule has 19 heavy (non-hydrogen) atoms. The van der Waals surface area contributed by atoms with E-state index >= 15 is 0 Å². The van der Waals surface area contributed by atoms with E-state index in [0.717, 1.165) is 38.5 Å². The Balaban J connectivity index is 2.11. The number of nitrogens with one attached hydrogen (secondary N) is 1. The van der Waals surface area contributed by atoms with Crippen LogP contribution in [0.3, 0.4) is 0 Å². The third-order valence-electron chi connectivity index (χ3n) is 3.37. The molecule has 0 aliphatic carbocycles. The van der Waals surface area contributed by atoms with Gasteiger partial charge >= 0.3 is 0 Å². The Morgan fingerprint density at radius 1 is 1.42 bits per heavy atom. The molecule has 108 valence electrons. The summed E-state index contributed by atoms with van der Waals surface area (Å²) in [7, 11) is 1.98. The molecule has 0 amide bonds. The number of ether oxygens (including phenoxy) is 1. The number of aliphatic hydroxyl groups excluding tert-OH is 1. The van der Waals surface area contributed by atoms with Gasteiger partial charge in [0.15, 0.2) is 0 Å². The van der Waals surface area contributed by atoms with Gasteiger partial charge in [0.1, 0.15) is 5.82 Å². The first-order chi connectivity index (χ1) is 9.09. The molecule has 1 aromatic rings. The molecule has 1 fully saturated rings. The van der Waals surface area contributed by atoms with Gasteiger partial charge in [-0.25, -0.2) is 0 Å². The molecule has 6 nitrogen and oxygen atoms in total. The molecule has 1 atom stereocenters. The largest absolute Gasteiger partial charge is 0.392 e. The molecule has 2 rings (SSSR count). The predicted molar refractivity (Wildman–Crippen MR) is 74.4 cm³/mol. The molecule has 0 unspecified atom stereocenters. The van der Waals surface area contributed by atoms with E-state index < -0.39 is 0 Å². The van der Waals surface area contributed by atoms with Crippen LogP contribution in [0.4, 0.5) is 5.82 Å². The number of nitrogens with zero attached hydrogens (tertiary/aromatic N) is 3. The van der Waals surface area contributed by atoms with Gasteiger partial charge in [0.2, 0.25) is 0 Å². The molecule has 2 N–H and O–H groups in total. The van der Waals surface area contributed by atoms with Gasteiger partial charge in [0, 0.05) is 38.8 Å². The first-order valence-electron chi connectivity index (χ1n) is 6.83. The zero-order valence-corrected chi connectivity index (χ0v) is 12.0. The SMILES string of the molecule is Cc1nn(C)c(N2CCOCC2)c1CNC[C@@H](C)O. The minimum Gasteiger partial charge on any atom is -0.392 e. The Labute approximate surface area is 114 Å². The van der Waals surface area contributed by atoms with Crippen LogP contribution in [0.5, 0.6) is 0 Å². The van der Waals surface area contributed by atoms with Crippen molar-refractivity contribution in [1.82, 2.24) is 15.1 Å². The molecule has 1 aromatic heterocycles. The van der Waals surface area contributed by atoms with E-state index in [2.05, 4.69) is 15.3 Å². The molecule has 1 aliphatic heterocycles. The second-order valence-corrected chi connectivity index (χ2v) is 5.09. The van der Waals surface area contributed by atoms with Crippen LogP contribution in [0, 0.1) is 6.92 Å². The molecule has 6 heteroatoms. The van der Waals surface area contributed by atoms with E-state index in [0.29, 0.717) is 6.54 Å². The van der Waals surface area contributed by atoms with Crippen molar-refractivity contribution in [2.75, 3.05) is 37.7 Å². The maximum atomic E-state index is 9.31. The highest BCUT2D eigenvalue weighted by Gasteiger charge is 2.20. The quantitative estimate of drug-likeness (QED) is 0.789. The van der Waals surface area contributed by atoms with E-state index in [1.807, 2.05) is 18.7 Å². The molecular formula is C13H24N4O2. The van der Waals surface area contributed by atoms with E-state index in [4.69, 9.17) is 4.74 Å². The van der Waals surface area contributed by atoms with E-state index in [1.165, 1.54) is 11.4 Å². The number of hydrogen-bond acceptors (Lipinski definition) is 5. The zero-order chi connectivity index (χ0) is 13.8. The lowest BCUT2D eigenvalue weighted by Crippen LogP contribution is -2.38. The number of morpholine rings is 1. The summed E-state index contributed by atoms with van der Waals surface area (Å²) in [5, 5.41) is 17.1. The summed E-state index contributed by atoms with van der Waals surface area (Å²) in [6, 6.07) is 0. The monoisotopic (exact) mass is 268 g/mol.